The highest BCUT2D eigenvalue weighted by Crippen LogP contribution is 2.32. The van der Waals surface area contributed by atoms with Crippen LogP contribution in [0.15, 0.2) is 47.4 Å². The van der Waals surface area contributed by atoms with Crippen molar-refractivity contribution in [2.75, 3.05) is 46.1 Å². The zero-order valence-corrected chi connectivity index (χ0v) is 18.9. The van der Waals surface area contributed by atoms with Crippen LogP contribution in [0.25, 0.3) is 0 Å². The maximum atomic E-state index is 12.8. The second-order valence-corrected chi connectivity index (χ2v) is 9.32. The Labute approximate surface area is 188 Å². The van der Waals surface area contributed by atoms with Gasteiger partial charge in [0.1, 0.15) is 0 Å². The number of piperazine rings is 1. The fourth-order valence-corrected chi connectivity index (χ4v) is 4.94. The summed E-state index contributed by atoms with van der Waals surface area (Å²) >= 11 is 0. The van der Waals surface area contributed by atoms with Gasteiger partial charge in [0.05, 0.1) is 4.90 Å². The zero-order valence-electron chi connectivity index (χ0n) is 17.2. The number of rotatable bonds is 6. The van der Waals surface area contributed by atoms with Crippen molar-refractivity contribution >= 4 is 28.3 Å². The molecule has 0 aromatic heterocycles. The number of nitrogens with zero attached hydrogens (tertiary/aromatic N) is 2. The Balaban J connectivity index is 0.00000272. The molecule has 2 aliphatic rings. The first-order chi connectivity index (χ1) is 14.4. The standard InChI is InChI=1S/C21H25N3O5S.ClH/c1-16-2-5-18(6-3-16)30(26,27)24-12-10-23(11-13-24)9-8-22-21(25)17-4-7-19-20(14-17)29-15-28-19;/h2-7,14H,8-13,15H2,1H3,(H,22,25);1H. The van der Waals surface area contributed by atoms with Gasteiger partial charge in [0.2, 0.25) is 16.8 Å². The van der Waals surface area contributed by atoms with Crippen LogP contribution in [-0.4, -0.2) is 69.6 Å². The van der Waals surface area contributed by atoms with E-state index in [-0.39, 0.29) is 25.1 Å². The number of fused-ring (bicyclic) bond motifs is 1. The minimum absolute atomic E-state index is 0. The Morgan fingerprint density at radius 3 is 2.39 bits per heavy atom. The van der Waals surface area contributed by atoms with E-state index in [1.165, 1.54) is 4.31 Å². The van der Waals surface area contributed by atoms with E-state index in [9.17, 15) is 13.2 Å². The third kappa shape index (κ3) is 5.30. The van der Waals surface area contributed by atoms with Gasteiger partial charge < -0.3 is 14.8 Å². The predicted molar refractivity (Wildman–Crippen MR) is 119 cm³/mol. The lowest BCUT2D eigenvalue weighted by Crippen LogP contribution is -2.50. The van der Waals surface area contributed by atoms with Crippen LogP contribution in [0.1, 0.15) is 15.9 Å². The third-order valence-electron chi connectivity index (χ3n) is 5.34. The van der Waals surface area contributed by atoms with Gasteiger partial charge in [0, 0.05) is 44.8 Å². The first kappa shape index (κ1) is 23.3. The van der Waals surface area contributed by atoms with E-state index in [1.807, 2.05) is 19.1 Å². The van der Waals surface area contributed by atoms with Crippen LogP contribution in [0.3, 0.4) is 0 Å². The first-order valence-electron chi connectivity index (χ1n) is 9.90. The molecule has 1 saturated heterocycles. The summed E-state index contributed by atoms with van der Waals surface area (Å²) in [6.07, 6.45) is 0. The average molecular weight is 468 g/mol. The molecule has 2 heterocycles. The fraction of sp³-hybridized carbons (Fsp3) is 0.381. The molecule has 2 aromatic carbocycles. The third-order valence-corrected chi connectivity index (χ3v) is 7.25. The topological polar surface area (TPSA) is 88.2 Å². The summed E-state index contributed by atoms with van der Waals surface area (Å²) in [5.74, 6) is 1.05. The molecule has 168 valence electrons. The van der Waals surface area contributed by atoms with Crippen molar-refractivity contribution in [3.63, 3.8) is 0 Å². The van der Waals surface area contributed by atoms with Gasteiger partial charge in [0.15, 0.2) is 11.5 Å². The number of benzene rings is 2. The van der Waals surface area contributed by atoms with Gasteiger partial charge in [-0.1, -0.05) is 17.7 Å². The van der Waals surface area contributed by atoms with E-state index >= 15 is 0 Å². The SMILES string of the molecule is Cc1ccc(S(=O)(=O)N2CCN(CCNC(=O)c3ccc4c(c3)OCO4)CC2)cc1.Cl. The monoisotopic (exact) mass is 467 g/mol. The molecule has 0 aliphatic carbocycles. The summed E-state index contributed by atoms with van der Waals surface area (Å²) in [6, 6.07) is 12.0. The molecule has 1 N–H and O–H groups in total. The van der Waals surface area contributed by atoms with Gasteiger partial charge in [-0.2, -0.15) is 4.31 Å². The van der Waals surface area contributed by atoms with Crippen LogP contribution in [0.4, 0.5) is 0 Å². The summed E-state index contributed by atoms with van der Waals surface area (Å²) in [6.45, 7) is 5.38. The van der Waals surface area contributed by atoms with E-state index in [0.29, 0.717) is 61.2 Å². The fourth-order valence-electron chi connectivity index (χ4n) is 3.52. The second-order valence-electron chi connectivity index (χ2n) is 7.38. The minimum atomic E-state index is -3.46. The molecule has 0 spiro atoms. The van der Waals surface area contributed by atoms with Crippen LogP contribution in [0.2, 0.25) is 0 Å². The van der Waals surface area contributed by atoms with Crippen molar-refractivity contribution in [2.45, 2.75) is 11.8 Å². The number of aryl methyl sites for hydroxylation is 1. The lowest BCUT2D eigenvalue weighted by atomic mass is 10.2. The minimum Gasteiger partial charge on any atom is -0.454 e. The molecule has 4 rings (SSSR count). The van der Waals surface area contributed by atoms with Crippen molar-refractivity contribution < 1.29 is 22.7 Å². The zero-order chi connectivity index (χ0) is 21.1. The molecule has 1 amide bonds. The molecular weight excluding hydrogens is 442 g/mol. The Morgan fingerprint density at radius 2 is 1.68 bits per heavy atom. The lowest BCUT2D eigenvalue weighted by molar-refractivity contribution is 0.0944. The summed E-state index contributed by atoms with van der Waals surface area (Å²) < 4.78 is 37.6. The maximum absolute atomic E-state index is 12.8. The van der Waals surface area contributed by atoms with E-state index in [0.717, 1.165) is 5.56 Å². The number of nitrogens with one attached hydrogen (secondary N) is 1. The van der Waals surface area contributed by atoms with Crippen LogP contribution >= 0.6 is 12.4 Å². The van der Waals surface area contributed by atoms with Crippen LogP contribution < -0.4 is 14.8 Å². The van der Waals surface area contributed by atoms with E-state index < -0.39 is 10.0 Å². The molecular formula is C21H26ClN3O5S. The van der Waals surface area contributed by atoms with Gasteiger partial charge in [-0.15, -0.1) is 12.4 Å². The quantitative estimate of drug-likeness (QED) is 0.698. The largest absolute Gasteiger partial charge is 0.454 e. The Hall–Kier alpha value is -2.33. The number of amides is 1. The molecule has 0 bridgehead atoms. The van der Waals surface area contributed by atoms with Gasteiger partial charge in [-0.3, -0.25) is 9.69 Å². The van der Waals surface area contributed by atoms with Crippen molar-refractivity contribution in [3.8, 4) is 11.5 Å². The number of sulfonamides is 1. The van der Waals surface area contributed by atoms with Crippen molar-refractivity contribution in [3.05, 3.63) is 53.6 Å². The summed E-state index contributed by atoms with van der Waals surface area (Å²) in [5, 5.41) is 2.90. The molecule has 10 heteroatoms. The molecule has 2 aromatic rings. The summed E-state index contributed by atoms with van der Waals surface area (Å²) in [7, 11) is -3.46. The molecule has 31 heavy (non-hydrogen) atoms. The second kappa shape index (κ2) is 9.86. The maximum Gasteiger partial charge on any atom is 0.251 e. The smallest absolute Gasteiger partial charge is 0.251 e. The highest BCUT2D eigenvalue weighted by molar-refractivity contribution is 7.89. The molecule has 1 fully saturated rings. The van der Waals surface area contributed by atoms with Crippen molar-refractivity contribution in [1.29, 1.82) is 0 Å². The lowest BCUT2D eigenvalue weighted by Gasteiger charge is -2.34. The molecule has 0 radical (unpaired) electrons. The van der Waals surface area contributed by atoms with Gasteiger partial charge in [0.25, 0.3) is 5.91 Å². The molecule has 2 aliphatic heterocycles. The highest BCUT2D eigenvalue weighted by atomic mass is 35.5. The van der Waals surface area contributed by atoms with Gasteiger partial charge in [-0.05, 0) is 37.3 Å². The Morgan fingerprint density at radius 1 is 1.00 bits per heavy atom. The average Bonchev–Trinajstić information content (AvgIpc) is 3.22. The Kier molecular flexibility index (Phi) is 7.42. The van der Waals surface area contributed by atoms with Crippen LogP contribution in [0, 0.1) is 6.92 Å². The molecule has 0 unspecified atom stereocenters. The van der Waals surface area contributed by atoms with E-state index in [2.05, 4.69) is 10.2 Å². The van der Waals surface area contributed by atoms with Crippen molar-refractivity contribution in [1.82, 2.24) is 14.5 Å². The molecule has 0 saturated carbocycles. The van der Waals surface area contributed by atoms with Crippen LogP contribution in [0.5, 0.6) is 11.5 Å². The van der Waals surface area contributed by atoms with E-state index in [4.69, 9.17) is 9.47 Å². The van der Waals surface area contributed by atoms with Crippen LogP contribution in [-0.2, 0) is 10.0 Å². The normalized spacial score (nSPS) is 16.5. The molecule has 0 atom stereocenters. The van der Waals surface area contributed by atoms with Gasteiger partial charge >= 0.3 is 0 Å². The molecule has 8 nitrogen and oxygen atoms in total. The number of ether oxygens (including phenoxy) is 2. The number of hydrogen-bond donors (Lipinski definition) is 1. The predicted octanol–water partition coefficient (Wildman–Crippen LogP) is 1.88. The van der Waals surface area contributed by atoms with Crippen molar-refractivity contribution in [2.24, 2.45) is 0 Å². The number of halogens is 1. The van der Waals surface area contributed by atoms with Gasteiger partial charge in [-0.25, -0.2) is 8.42 Å². The number of carbonyl (C=O) groups excluding carboxylic acids is 1. The first-order valence-corrected chi connectivity index (χ1v) is 11.3. The number of carbonyl (C=O) groups is 1. The number of hydrogen-bond acceptors (Lipinski definition) is 6. The van der Waals surface area contributed by atoms with E-state index in [1.54, 1.807) is 30.3 Å². The summed E-state index contributed by atoms with van der Waals surface area (Å²) in [5.41, 5.74) is 1.55. The Bertz CT molecular complexity index is 1020. The highest BCUT2D eigenvalue weighted by Gasteiger charge is 2.28. The summed E-state index contributed by atoms with van der Waals surface area (Å²) in [4.78, 5) is 14.8.